The lowest BCUT2D eigenvalue weighted by Crippen LogP contribution is -2.33. The van der Waals surface area contributed by atoms with E-state index in [1.807, 2.05) is 12.3 Å². The van der Waals surface area contributed by atoms with Gasteiger partial charge in [0.2, 0.25) is 0 Å². The molecule has 0 radical (unpaired) electrons. The third-order valence-corrected chi connectivity index (χ3v) is 3.54. The first-order valence-corrected chi connectivity index (χ1v) is 6.63. The maximum absolute atomic E-state index is 4.40. The van der Waals surface area contributed by atoms with Crippen LogP contribution in [0.2, 0.25) is 0 Å². The Labute approximate surface area is 104 Å². The second kappa shape index (κ2) is 6.12. The molecule has 3 heteroatoms. The Kier molecular flexibility index (Phi) is 4.51. The van der Waals surface area contributed by atoms with Crippen LogP contribution in [0.3, 0.4) is 0 Å². The van der Waals surface area contributed by atoms with Crippen LogP contribution in [-0.4, -0.2) is 23.6 Å². The summed E-state index contributed by atoms with van der Waals surface area (Å²) in [7, 11) is 0. The Morgan fingerprint density at radius 1 is 1.59 bits per heavy atom. The summed E-state index contributed by atoms with van der Waals surface area (Å²) in [5.74, 6) is 0. The van der Waals surface area contributed by atoms with Crippen molar-refractivity contribution in [3.63, 3.8) is 0 Å². The Morgan fingerprint density at radius 2 is 2.47 bits per heavy atom. The van der Waals surface area contributed by atoms with E-state index in [1.165, 1.54) is 37.1 Å². The van der Waals surface area contributed by atoms with Gasteiger partial charge in [0.25, 0.3) is 0 Å². The van der Waals surface area contributed by atoms with Crippen LogP contribution in [-0.2, 0) is 6.54 Å². The molecule has 2 rings (SSSR count). The molecular formula is C14H23N3. The van der Waals surface area contributed by atoms with Crippen LogP contribution in [0.1, 0.15) is 37.4 Å². The number of rotatable bonds is 5. The molecule has 17 heavy (non-hydrogen) atoms. The molecule has 0 spiro atoms. The Hall–Kier alpha value is -0.930. The first-order chi connectivity index (χ1) is 8.25. The summed E-state index contributed by atoms with van der Waals surface area (Å²) in [4.78, 5) is 4.40. The highest BCUT2D eigenvalue weighted by molar-refractivity contribution is 5.17. The predicted molar refractivity (Wildman–Crippen MR) is 70.9 cm³/mol. The highest BCUT2D eigenvalue weighted by Crippen LogP contribution is 2.11. The van der Waals surface area contributed by atoms with E-state index < -0.39 is 0 Å². The largest absolute Gasteiger partial charge is 0.314 e. The van der Waals surface area contributed by atoms with Gasteiger partial charge in [-0.2, -0.15) is 0 Å². The summed E-state index contributed by atoms with van der Waals surface area (Å²) in [6.07, 6.45) is 5.74. The molecule has 1 aromatic heterocycles. The SMILES string of the molecule is Cc1cccnc1CNC(C)CC1CCCN1. The van der Waals surface area contributed by atoms with Crippen LogP contribution in [0.5, 0.6) is 0 Å². The molecule has 1 aromatic rings. The van der Waals surface area contributed by atoms with E-state index in [-0.39, 0.29) is 0 Å². The van der Waals surface area contributed by atoms with Crippen LogP contribution < -0.4 is 10.6 Å². The molecule has 2 N–H and O–H groups in total. The van der Waals surface area contributed by atoms with Gasteiger partial charge in [-0.3, -0.25) is 4.98 Å². The van der Waals surface area contributed by atoms with Crippen molar-refractivity contribution in [1.29, 1.82) is 0 Å². The second-order valence-electron chi connectivity index (χ2n) is 5.08. The van der Waals surface area contributed by atoms with Gasteiger partial charge in [0.1, 0.15) is 0 Å². The number of nitrogens with one attached hydrogen (secondary N) is 2. The average Bonchev–Trinajstić information content (AvgIpc) is 2.81. The third-order valence-electron chi connectivity index (χ3n) is 3.54. The molecule has 0 aliphatic carbocycles. The van der Waals surface area contributed by atoms with E-state index >= 15 is 0 Å². The minimum atomic E-state index is 0.548. The van der Waals surface area contributed by atoms with Gasteiger partial charge in [-0.1, -0.05) is 6.07 Å². The minimum absolute atomic E-state index is 0.548. The zero-order valence-electron chi connectivity index (χ0n) is 10.9. The van der Waals surface area contributed by atoms with E-state index in [0.717, 1.165) is 6.54 Å². The van der Waals surface area contributed by atoms with Crippen LogP contribution in [0.15, 0.2) is 18.3 Å². The van der Waals surface area contributed by atoms with Crippen LogP contribution >= 0.6 is 0 Å². The second-order valence-corrected chi connectivity index (χ2v) is 5.08. The van der Waals surface area contributed by atoms with Gasteiger partial charge in [-0.25, -0.2) is 0 Å². The van der Waals surface area contributed by atoms with E-state index in [1.54, 1.807) is 0 Å². The zero-order valence-corrected chi connectivity index (χ0v) is 10.9. The lowest BCUT2D eigenvalue weighted by molar-refractivity contribution is 0.437. The smallest absolute Gasteiger partial charge is 0.0570 e. The number of hydrogen-bond acceptors (Lipinski definition) is 3. The predicted octanol–water partition coefficient (Wildman–Crippen LogP) is 2.01. The Bertz CT molecular complexity index is 345. The highest BCUT2D eigenvalue weighted by Gasteiger charge is 2.16. The zero-order chi connectivity index (χ0) is 12.1. The molecule has 0 amide bonds. The molecule has 1 aliphatic rings. The van der Waals surface area contributed by atoms with Crippen LogP contribution in [0.25, 0.3) is 0 Å². The van der Waals surface area contributed by atoms with E-state index in [2.05, 4.69) is 35.5 Å². The van der Waals surface area contributed by atoms with Crippen molar-refractivity contribution in [2.75, 3.05) is 6.54 Å². The van der Waals surface area contributed by atoms with Crippen molar-refractivity contribution < 1.29 is 0 Å². The number of pyridine rings is 1. The van der Waals surface area contributed by atoms with Gasteiger partial charge in [0, 0.05) is 24.8 Å². The van der Waals surface area contributed by atoms with Crippen LogP contribution in [0.4, 0.5) is 0 Å². The number of aromatic nitrogens is 1. The van der Waals surface area contributed by atoms with Gasteiger partial charge in [-0.05, 0) is 51.3 Å². The van der Waals surface area contributed by atoms with E-state index in [0.29, 0.717) is 12.1 Å². The molecule has 0 bridgehead atoms. The van der Waals surface area contributed by atoms with Gasteiger partial charge in [0.05, 0.1) is 5.69 Å². The standard InChI is InChI=1S/C14H23N3/c1-11-5-3-8-16-14(11)10-17-12(2)9-13-6-4-7-15-13/h3,5,8,12-13,15,17H,4,6-7,9-10H2,1-2H3. The van der Waals surface area contributed by atoms with Crippen molar-refractivity contribution in [3.8, 4) is 0 Å². The Morgan fingerprint density at radius 3 is 3.18 bits per heavy atom. The van der Waals surface area contributed by atoms with Crippen LogP contribution in [0, 0.1) is 6.92 Å². The van der Waals surface area contributed by atoms with Gasteiger partial charge < -0.3 is 10.6 Å². The van der Waals surface area contributed by atoms with Crippen molar-refractivity contribution in [2.45, 2.75) is 51.7 Å². The molecule has 0 saturated carbocycles. The van der Waals surface area contributed by atoms with Gasteiger partial charge in [-0.15, -0.1) is 0 Å². The molecule has 0 aromatic carbocycles. The summed E-state index contributed by atoms with van der Waals surface area (Å²) < 4.78 is 0. The van der Waals surface area contributed by atoms with Crippen molar-refractivity contribution in [1.82, 2.24) is 15.6 Å². The number of nitrogens with zero attached hydrogens (tertiary/aromatic N) is 1. The van der Waals surface area contributed by atoms with Gasteiger partial charge in [0.15, 0.2) is 0 Å². The first kappa shape index (κ1) is 12.5. The quantitative estimate of drug-likeness (QED) is 0.817. The lowest BCUT2D eigenvalue weighted by Gasteiger charge is -2.18. The maximum Gasteiger partial charge on any atom is 0.0570 e. The highest BCUT2D eigenvalue weighted by atomic mass is 15.0. The van der Waals surface area contributed by atoms with Gasteiger partial charge >= 0.3 is 0 Å². The monoisotopic (exact) mass is 233 g/mol. The van der Waals surface area contributed by atoms with Crippen molar-refractivity contribution in [3.05, 3.63) is 29.6 Å². The van der Waals surface area contributed by atoms with Crippen molar-refractivity contribution in [2.24, 2.45) is 0 Å². The van der Waals surface area contributed by atoms with E-state index in [9.17, 15) is 0 Å². The first-order valence-electron chi connectivity index (χ1n) is 6.63. The molecule has 3 nitrogen and oxygen atoms in total. The third kappa shape index (κ3) is 3.79. The molecule has 1 saturated heterocycles. The topological polar surface area (TPSA) is 37.0 Å². The molecular weight excluding hydrogens is 210 g/mol. The molecule has 2 heterocycles. The maximum atomic E-state index is 4.40. The summed E-state index contributed by atoms with van der Waals surface area (Å²) in [6.45, 7) is 6.45. The fourth-order valence-electron chi connectivity index (χ4n) is 2.44. The summed E-state index contributed by atoms with van der Waals surface area (Å²) >= 11 is 0. The number of hydrogen-bond donors (Lipinski definition) is 2. The fourth-order valence-corrected chi connectivity index (χ4v) is 2.44. The molecule has 2 atom stereocenters. The number of aryl methyl sites for hydroxylation is 1. The average molecular weight is 233 g/mol. The normalized spacial score (nSPS) is 21.6. The fraction of sp³-hybridized carbons (Fsp3) is 0.643. The Balaban J connectivity index is 1.75. The summed E-state index contributed by atoms with van der Waals surface area (Å²) in [6, 6.07) is 5.37. The summed E-state index contributed by atoms with van der Waals surface area (Å²) in [5.41, 5.74) is 2.44. The molecule has 1 fully saturated rings. The molecule has 1 aliphatic heterocycles. The summed E-state index contributed by atoms with van der Waals surface area (Å²) in [5, 5.41) is 7.11. The molecule has 94 valence electrons. The lowest BCUT2D eigenvalue weighted by atomic mass is 10.1. The van der Waals surface area contributed by atoms with E-state index in [4.69, 9.17) is 0 Å². The molecule has 2 unspecified atom stereocenters. The minimum Gasteiger partial charge on any atom is -0.314 e. The van der Waals surface area contributed by atoms with Crippen molar-refractivity contribution >= 4 is 0 Å².